The van der Waals surface area contributed by atoms with E-state index in [1.807, 2.05) is 12.1 Å². The Morgan fingerprint density at radius 2 is 2.05 bits per heavy atom. The summed E-state index contributed by atoms with van der Waals surface area (Å²) >= 11 is 12.1. The maximum Gasteiger partial charge on any atom is 0.0595 e. The quantitative estimate of drug-likeness (QED) is 0.826. The smallest absolute Gasteiger partial charge is 0.0595 e. The largest absolute Gasteiger partial charge is 0.310 e. The van der Waals surface area contributed by atoms with Crippen LogP contribution in [0.3, 0.4) is 0 Å². The van der Waals surface area contributed by atoms with Gasteiger partial charge in [0.2, 0.25) is 0 Å². The van der Waals surface area contributed by atoms with Crippen molar-refractivity contribution in [2.24, 2.45) is 5.92 Å². The molecule has 116 valence electrons. The van der Waals surface area contributed by atoms with E-state index in [0.717, 1.165) is 24.9 Å². The van der Waals surface area contributed by atoms with Crippen LogP contribution in [0.1, 0.15) is 44.2 Å². The summed E-state index contributed by atoms with van der Waals surface area (Å²) in [5.74, 6) is 0.794. The summed E-state index contributed by atoms with van der Waals surface area (Å²) in [7, 11) is 0. The van der Waals surface area contributed by atoms with Gasteiger partial charge >= 0.3 is 0 Å². The van der Waals surface area contributed by atoms with Crippen molar-refractivity contribution in [2.75, 3.05) is 19.6 Å². The third-order valence-electron chi connectivity index (χ3n) is 4.79. The van der Waals surface area contributed by atoms with Crippen LogP contribution in [-0.2, 0) is 0 Å². The average molecular weight is 327 g/mol. The molecule has 0 bridgehead atoms. The highest BCUT2D eigenvalue weighted by Crippen LogP contribution is 2.32. The Morgan fingerprint density at radius 1 is 1.24 bits per heavy atom. The molecule has 0 amide bonds. The van der Waals surface area contributed by atoms with Crippen LogP contribution in [0.2, 0.25) is 10.0 Å². The van der Waals surface area contributed by atoms with Crippen molar-refractivity contribution >= 4 is 23.2 Å². The zero-order valence-electron chi connectivity index (χ0n) is 12.6. The molecule has 1 saturated heterocycles. The normalized spacial score (nSPS) is 24.4. The minimum absolute atomic E-state index is 0.370. The second-order valence-electron chi connectivity index (χ2n) is 6.42. The van der Waals surface area contributed by atoms with Crippen LogP contribution < -0.4 is 5.32 Å². The van der Waals surface area contributed by atoms with Crippen LogP contribution in [0.5, 0.6) is 0 Å². The van der Waals surface area contributed by atoms with E-state index >= 15 is 0 Å². The Kier molecular flexibility index (Phi) is 5.11. The SMILES string of the molecule is CCC(NCC1CCN(C2CC2)C1)c1ccc(Cl)c(Cl)c1. The maximum absolute atomic E-state index is 6.14. The van der Waals surface area contributed by atoms with Crippen molar-refractivity contribution in [3.63, 3.8) is 0 Å². The predicted molar refractivity (Wildman–Crippen MR) is 90.2 cm³/mol. The number of nitrogens with zero attached hydrogens (tertiary/aromatic N) is 1. The van der Waals surface area contributed by atoms with Crippen molar-refractivity contribution in [3.05, 3.63) is 33.8 Å². The first-order valence-electron chi connectivity index (χ1n) is 8.09. The highest BCUT2D eigenvalue weighted by atomic mass is 35.5. The molecule has 2 aliphatic rings. The van der Waals surface area contributed by atoms with E-state index in [4.69, 9.17) is 23.2 Å². The molecule has 2 nitrogen and oxygen atoms in total. The molecule has 1 N–H and O–H groups in total. The van der Waals surface area contributed by atoms with E-state index < -0.39 is 0 Å². The minimum Gasteiger partial charge on any atom is -0.310 e. The lowest BCUT2D eigenvalue weighted by Gasteiger charge is -2.21. The standard InChI is InChI=1S/C17H24Cl2N2/c1-2-17(13-3-6-15(18)16(19)9-13)20-10-12-7-8-21(11-12)14-4-5-14/h3,6,9,12,14,17,20H,2,4-5,7-8,10-11H2,1H3. The highest BCUT2D eigenvalue weighted by molar-refractivity contribution is 6.42. The predicted octanol–water partition coefficient (Wildman–Crippen LogP) is 4.52. The molecular weight excluding hydrogens is 303 g/mol. The first kappa shape index (κ1) is 15.6. The van der Waals surface area contributed by atoms with E-state index in [9.17, 15) is 0 Å². The Balaban J connectivity index is 1.53. The fourth-order valence-electron chi connectivity index (χ4n) is 3.34. The second-order valence-corrected chi connectivity index (χ2v) is 7.24. The molecule has 21 heavy (non-hydrogen) atoms. The number of likely N-dealkylation sites (tertiary alicyclic amines) is 1. The summed E-state index contributed by atoms with van der Waals surface area (Å²) in [6.45, 7) is 5.88. The topological polar surface area (TPSA) is 15.3 Å². The highest BCUT2D eigenvalue weighted by Gasteiger charge is 2.34. The fraction of sp³-hybridized carbons (Fsp3) is 0.647. The van der Waals surface area contributed by atoms with Gasteiger partial charge in [0.1, 0.15) is 0 Å². The molecule has 0 radical (unpaired) electrons. The van der Waals surface area contributed by atoms with Crippen molar-refractivity contribution in [2.45, 2.75) is 44.7 Å². The van der Waals surface area contributed by atoms with Crippen LogP contribution in [0, 0.1) is 5.92 Å². The molecule has 3 rings (SSSR count). The van der Waals surface area contributed by atoms with E-state index in [2.05, 4.69) is 23.2 Å². The van der Waals surface area contributed by atoms with E-state index in [1.165, 1.54) is 37.9 Å². The number of halogens is 2. The van der Waals surface area contributed by atoms with E-state index in [0.29, 0.717) is 16.1 Å². The number of rotatable bonds is 6. The van der Waals surface area contributed by atoms with Crippen LogP contribution in [0.25, 0.3) is 0 Å². The molecule has 1 aliphatic heterocycles. The van der Waals surface area contributed by atoms with Gasteiger partial charge in [0.15, 0.2) is 0 Å². The Labute approximate surface area is 137 Å². The molecule has 2 atom stereocenters. The van der Waals surface area contributed by atoms with Crippen LogP contribution in [0.4, 0.5) is 0 Å². The van der Waals surface area contributed by atoms with Gasteiger partial charge in [-0.2, -0.15) is 0 Å². The lowest BCUT2D eigenvalue weighted by molar-refractivity contribution is 0.309. The zero-order chi connectivity index (χ0) is 14.8. The van der Waals surface area contributed by atoms with Gasteiger partial charge in [-0.3, -0.25) is 0 Å². The van der Waals surface area contributed by atoms with E-state index in [-0.39, 0.29) is 0 Å². The molecule has 2 fully saturated rings. The van der Waals surface area contributed by atoms with Crippen LogP contribution in [0.15, 0.2) is 18.2 Å². The molecule has 2 unspecified atom stereocenters. The number of hydrogen-bond acceptors (Lipinski definition) is 2. The fourth-order valence-corrected chi connectivity index (χ4v) is 3.64. The summed E-state index contributed by atoms with van der Waals surface area (Å²) in [5.41, 5.74) is 1.24. The van der Waals surface area contributed by atoms with Crippen molar-refractivity contribution in [1.82, 2.24) is 10.2 Å². The van der Waals surface area contributed by atoms with E-state index in [1.54, 1.807) is 0 Å². The summed E-state index contributed by atoms with van der Waals surface area (Å²) in [5, 5.41) is 5.00. The van der Waals surface area contributed by atoms with Crippen LogP contribution in [-0.4, -0.2) is 30.6 Å². The Bertz CT molecular complexity index is 488. The molecule has 1 aromatic carbocycles. The Morgan fingerprint density at radius 3 is 2.71 bits per heavy atom. The summed E-state index contributed by atoms with van der Waals surface area (Å²) in [6.07, 6.45) is 5.24. The summed E-state index contributed by atoms with van der Waals surface area (Å²) in [6, 6.07) is 7.26. The summed E-state index contributed by atoms with van der Waals surface area (Å²) in [4.78, 5) is 2.67. The lowest BCUT2D eigenvalue weighted by atomic mass is 10.0. The summed E-state index contributed by atoms with van der Waals surface area (Å²) < 4.78 is 0. The molecule has 4 heteroatoms. The molecule has 1 aromatic rings. The molecule has 1 aliphatic carbocycles. The molecule has 0 spiro atoms. The van der Waals surface area contributed by atoms with Crippen LogP contribution >= 0.6 is 23.2 Å². The third kappa shape index (κ3) is 3.92. The van der Waals surface area contributed by atoms with Gasteiger partial charge in [-0.1, -0.05) is 36.2 Å². The number of hydrogen-bond donors (Lipinski definition) is 1. The zero-order valence-corrected chi connectivity index (χ0v) is 14.1. The lowest BCUT2D eigenvalue weighted by Crippen LogP contribution is -2.30. The average Bonchev–Trinajstić information content (AvgIpc) is 3.23. The third-order valence-corrected chi connectivity index (χ3v) is 5.53. The van der Waals surface area contributed by atoms with Gasteiger partial charge in [0.25, 0.3) is 0 Å². The number of nitrogens with one attached hydrogen (secondary N) is 1. The van der Waals surface area contributed by atoms with Crippen molar-refractivity contribution in [1.29, 1.82) is 0 Å². The first-order chi connectivity index (χ1) is 10.2. The van der Waals surface area contributed by atoms with Gasteiger partial charge in [-0.25, -0.2) is 0 Å². The Hall–Kier alpha value is -0.280. The molecular formula is C17H24Cl2N2. The van der Waals surface area contributed by atoms with Gasteiger partial charge in [0.05, 0.1) is 10.0 Å². The first-order valence-corrected chi connectivity index (χ1v) is 8.85. The van der Waals surface area contributed by atoms with Gasteiger partial charge in [-0.15, -0.1) is 0 Å². The van der Waals surface area contributed by atoms with Crippen molar-refractivity contribution < 1.29 is 0 Å². The monoisotopic (exact) mass is 326 g/mol. The van der Waals surface area contributed by atoms with Gasteiger partial charge in [0, 0.05) is 18.6 Å². The molecule has 0 aromatic heterocycles. The van der Waals surface area contributed by atoms with Gasteiger partial charge in [-0.05, 0) is 62.4 Å². The maximum atomic E-state index is 6.14. The van der Waals surface area contributed by atoms with Gasteiger partial charge < -0.3 is 10.2 Å². The number of benzene rings is 1. The minimum atomic E-state index is 0.370. The molecule has 1 saturated carbocycles. The molecule has 1 heterocycles. The second kappa shape index (κ2) is 6.87. The van der Waals surface area contributed by atoms with Crippen molar-refractivity contribution in [3.8, 4) is 0 Å².